The van der Waals surface area contributed by atoms with E-state index in [4.69, 9.17) is 4.74 Å². The fourth-order valence-electron chi connectivity index (χ4n) is 4.80. The van der Waals surface area contributed by atoms with Gasteiger partial charge in [-0.1, -0.05) is 12.1 Å². The number of nitrogens with one attached hydrogen (secondary N) is 1. The van der Waals surface area contributed by atoms with E-state index >= 15 is 0 Å². The van der Waals surface area contributed by atoms with Gasteiger partial charge in [0.05, 0.1) is 13.7 Å². The molecule has 8 heteroatoms. The van der Waals surface area contributed by atoms with Crippen LogP contribution in [0.2, 0.25) is 0 Å². The third-order valence-electron chi connectivity index (χ3n) is 6.74. The first-order valence-electron chi connectivity index (χ1n) is 11.6. The van der Waals surface area contributed by atoms with Gasteiger partial charge in [0.2, 0.25) is 5.91 Å². The maximum Gasteiger partial charge on any atom is 0.270 e. The summed E-state index contributed by atoms with van der Waals surface area (Å²) < 4.78 is 18.6. The fourth-order valence-corrected chi connectivity index (χ4v) is 4.80. The van der Waals surface area contributed by atoms with E-state index in [9.17, 15) is 14.0 Å². The zero-order chi connectivity index (χ0) is 23.7. The second-order valence-corrected chi connectivity index (χ2v) is 8.85. The number of fused-ring (bicyclic) bond motifs is 1. The first-order valence-corrected chi connectivity index (χ1v) is 11.6. The average molecular weight is 463 g/mol. The number of hydrogen-bond donors (Lipinski definition) is 1. The number of aromatic nitrogens is 1. The number of H-pyrrole nitrogens is 1. The van der Waals surface area contributed by atoms with Crippen molar-refractivity contribution in [3.05, 3.63) is 65.6 Å². The van der Waals surface area contributed by atoms with Gasteiger partial charge >= 0.3 is 0 Å². The molecule has 3 aromatic rings. The van der Waals surface area contributed by atoms with Crippen LogP contribution in [0.1, 0.15) is 42.7 Å². The number of amides is 2. The van der Waals surface area contributed by atoms with E-state index in [2.05, 4.69) is 22.3 Å². The number of nitrogens with zero attached hydrogens (tertiary/aromatic N) is 3. The van der Waals surface area contributed by atoms with Gasteiger partial charge in [-0.05, 0) is 60.2 Å². The lowest BCUT2D eigenvalue weighted by molar-refractivity contribution is -0.132. The van der Waals surface area contributed by atoms with Crippen LogP contribution in [0.15, 0.2) is 53.8 Å². The van der Waals surface area contributed by atoms with Crippen molar-refractivity contribution in [2.24, 2.45) is 5.10 Å². The number of aromatic amines is 1. The highest BCUT2D eigenvalue weighted by Crippen LogP contribution is 2.35. The maximum absolute atomic E-state index is 13.2. The van der Waals surface area contributed by atoms with E-state index < -0.39 is 0 Å². The molecule has 2 aliphatic heterocycles. The number of rotatable bonds is 5. The van der Waals surface area contributed by atoms with Gasteiger partial charge in [-0.15, -0.1) is 0 Å². The molecule has 2 amide bonds. The molecule has 1 aromatic heterocycles. The maximum atomic E-state index is 13.2. The van der Waals surface area contributed by atoms with Crippen LogP contribution in [0.3, 0.4) is 0 Å². The Morgan fingerprint density at radius 3 is 2.65 bits per heavy atom. The average Bonchev–Trinajstić information content (AvgIpc) is 3.29. The Bertz CT molecular complexity index is 1240. The minimum absolute atomic E-state index is 0.101. The number of benzene rings is 2. The Morgan fingerprint density at radius 1 is 1.15 bits per heavy atom. The Hall–Kier alpha value is -3.68. The van der Waals surface area contributed by atoms with Gasteiger partial charge < -0.3 is 14.6 Å². The smallest absolute Gasteiger partial charge is 0.270 e. The highest BCUT2D eigenvalue weighted by atomic mass is 19.1. The van der Waals surface area contributed by atoms with Gasteiger partial charge in [0.15, 0.2) is 0 Å². The molecule has 2 aliphatic rings. The normalized spacial score (nSPS) is 17.2. The molecule has 0 saturated carbocycles. The molecule has 0 unspecified atom stereocenters. The van der Waals surface area contributed by atoms with Crippen molar-refractivity contribution in [2.45, 2.75) is 38.1 Å². The molecule has 2 aromatic carbocycles. The molecule has 34 heavy (non-hydrogen) atoms. The Labute approximate surface area is 197 Å². The first kappa shape index (κ1) is 22.1. The van der Waals surface area contributed by atoms with Crippen LogP contribution in [0, 0.1) is 5.82 Å². The third kappa shape index (κ3) is 4.40. The summed E-state index contributed by atoms with van der Waals surface area (Å²) in [7, 11) is 1.67. The van der Waals surface area contributed by atoms with Crippen molar-refractivity contribution in [2.75, 3.05) is 20.2 Å². The topological polar surface area (TPSA) is 78.0 Å². The van der Waals surface area contributed by atoms with E-state index in [1.165, 1.54) is 22.7 Å². The van der Waals surface area contributed by atoms with Crippen LogP contribution in [0.25, 0.3) is 10.9 Å². The second kappa shape index (κ2) is 9.29. The van der Waals surface area contributed by atoms with Crippen LogP contribution < -0.4 is 4.74 Å². The van der Waals surface area contributed by atoms with Crippen LogP contribution in [0.5, 0.6) is 5.75 Å². The number of hydrazone groups is 1. The van der Waals surface area contributed by atoms with Crippen molar-refractivity contribution >= 4 is 28.4 Å². The van der Waals surface area contributed by atoms with E-state index in [1.54, 1.807) is 19.2 Å². The number of hydrogen-bond acceptors (Lipinski definition) is 4. The van der Waals surface area contributed by atoms with Crippen molar-refractivity contribution in [3.63, 3.8) is 0 Å². The molecule has 0 radical (unpaired) electrons. The molecule has 1 saturated heterocycles. The summed E-state index contributed by atoms with van der Waals surface area (Å²) in [6.45, 7) is 1.51. The standard InChI is InChI=1S/C26H27FN4O3/c1-34-20-6-7-23-21(14-20)22(15-28-23)18-10-12-30(13-11-18)26(33)24-8-9-25(32)31(29-24)16-17-2-4-19(27)5-3-17/h2-7,14-15,18,28H,8-13,16H2,1H3. The fraction of sp³-hybridized carbons (Fsp3) is 0.346. The van der Waals surface area contributed by atoms with Crippen LogP contribution in [0.4, 0.5) is 4.39 Å². The molecule has 3 heterocycles. The van der Waals surface area contributed by atoms with E-state index in [0.29, 0.717) is 31.1 Å². The molecular weight excluding hydrogens is 435 g/mol. The number of carbonyl (C=O) groups excluding carboxylic acids is 2. The van der Waals surface area contributed by atoms with E-state index in [0.717, 1.165) is 35.1 Å². The number of piperidine rings is 1. The summed E-state index contributed by atoms with van der Waals surface area (Å²) >= 11 is 0. The van der Waals surface area contributed by atoms with Crippen LogP contribution in [-0.4, -0.2) is 52.6 Å². The largest absolute Gasteiger partial charge is 0.497 e. The molecule has 5 rings (SSSR count). The zero-order valence-electron chi connectivity index (χ0n) is 19.1. The van der Waals surface area contributed by atoms with Gasteiger partial charge in [-0.3, -0.25) is 9.59 Å². The third-order valence-corrected chi connectivity index (χ3v) is 6.74. The molecular formula is C26H27FN4O3. The van der Waals surface area contributed by atoms with Crippen molar-refractivity contribution < 1.29 is 18.7 Å². The minimum atomic E-state index is -0.330. The number of methoxy groups -OCH3 is 1. The summed E-state index contributed by atoms with van der Waals surface area (Å²) in [6.07, 6.45) is 4.39. The Morgan fingerprint density at radius 2 is 1.91 bits per heavy atom. The molecule has 1 N–H and O–H groups in total. The predicted molar refractivity (Wildman–Crippen MR) is 127 cm³/mol. The van der Waals surface area contributed by atoms with Crippen LogP contribution >= 0.6 is 0 Å². The lowest BCUT2D eigenvalue weighted by Gasteiger charge is -2.33. The molecule has 0 atom stereocenters. The van der Waals surface area contributed by atoms with Gasteiger partial charge in [-0.25, -0.2) is 9.40 Å². The van der Waals surface area contributed by atoms with Gasteiger partial charge in [-0.2, -0.15) is 5.10 Å². The highest BCUT2D eigenvalue weighted by Gasteiger charge is 2.31. The minimum Gasteiger partial charge on any atom is -0.497 e. The summed E-state index contributed by atoms with van der Waals surface area (Å²) in [5.41, 5.74) is 3.52. The number of carbonyl (C=O) groups is 2. The molecule has 0 bridgehead atoms. The lowest BCUT2D eigenvalue weighted by Crippen LogP contribution is -2.44. The predicted octanol–water partition coefficient (Wildman–Crippen LogP) is 4.20. The quantitative estimate of drug-likeness (QED) is 0.617. The van der Waals surface area contributed by atoms with Crippen LogP contribution in [-0.2, 0) is 16.1 Å². The SMILES string of the molecule is COc1ccc2[nH]cc(C3CCN(C(=O)C4=NN(Cc5ccc(F)cc5)C(=O)CC4)CC3)c2c1. The number of likely N-dealkylation sites (tertiary alicyclic amines) is 1. The molecule has 0 aliphatic carbocycles. The number of halogens is 1. The zero-order valence-corrected chi connectivity index (χ0v) is 19.1. The Kier molecular flexibility index (Phi) is 6.04. The van der Waals surface area contributed by atoms with Gasteiger partial charge in [0.1, 0.15) is 17.3 Å². The summed E-state index contributed by atoms with van der Waals surface area (Å²) in [4.78, 5) is 30.7. The molecule has 7 nitrogen and oxygen atoms in total. The molecule has 176 valence electrons. The number of ether oxygens (including phenoxy) is 1. The monoisotopic (exact) mass is 462 g/mol. The second-order valence-electron chi connectivity index (χ2n) is 8.85. The van der Waals surface area contributed by atoms with Crippen molar-refractivity contribution in [1.82, 2.24) is 14.9 Å². The van der Waals surface area contributed by atoms with Gasteiger partial charge in [0, 0.05) is 43.0 Å². The van der Waals surface area contributed by atoms with Crippen molar-refractivity contribution in [3.8, 4) is 5.75 Å². The summed E-state index contributed by atoms with van der Waals surface area (Å²) in [5.74, 6) is 0.624. The van der Waals surface area contributed by atoms with Gasteiger partial charge in [0.25, 0.3) is 5.91 Å². The van der Waals surface area contributed by atoms with Crippen molar-refractivity contribution in [1.29, 1.82) is 0 Å². The summed E-state index contributed by atoms with van der Waals surface area (Å²) in [5, 5.41) is 6.87. The Balaban J connectivity index is 1.25. The summed E-state index contributed by atoms with van der Waals surface area (Å²) in [6, 6.07) is 12.0. The lowest BCUT2D eigenvalue weighted by atomic mass is 9.89. The van der Waals surface area contributed by atoms with E-state index in [1.807, 2.05) is 17.0 Å². The molecule has 1 fully saturated rings. The van der Waals surface area contributed by atoms with E-state index in [-0.39, 0.29) is 30.6 Å². The first-order chi connectivity index (χ1) is 16.5. The molecule has 0 spiro atoms. The highest BCUT2D eigenvalue weighted by molar-refractivity contribution is 6.39.